The molecule has 1 N–H and O–H groups in total. The maximum atomic E-state index is 13.4. The fraction of sp³-hybridized carbons (Fsp3) is 0.188. The van der Waals surface area contributed by atoms with Crippen molar-refractivity contribution >= 4 is 35.1 Å². The Bertz CT molecular complexity index is 1440. The molecule has 0 atom stereocenters. The smallest absolute Gasteiger partial charge is 0.416 e. The fourth-order valence-electron chi connectivity index (χ4n) is 3.98. The van der Waals surface area contributed by atoms with Gasteiger partial charge in [0.1, 0.15) is 5.75 Å². The summed E-state index contributed by atoms with van der Waals surface area (Å²) in [6, 6.07) is 28.3. The molecule has 0 aliphatic heterocycles. The number of hydrogen-bond donors (Lipinski definition) is 1. The number of nitrogens with zero attached hydrogens (tertiary/aromatic N) is 1. The standard InChI is InChI=1S/C32H29F3N2O3S/c1-2-7-30(38)40-27-16-18-28(19-17-27)41-29-11-6-10-26(22-29)37(21-20-23-8-4-3-5-9-23)31(39)36-25-14-12-24(13-15-25)32(33,34)35/h3-6,8-19,22H,2,7,20-21H2,1H3,(H,36,39). The van der Waals surface area contributed by atoms with E-state index in [4.69, 9.17) is 4.74 Å². The summed E-state index contributed by atoms with van der Waals surface area (Å²) in [6.45, 7) is 2.26. The lowest BCUT2D eigenvalue weighted by molar-refractivity contribution is -0.137. The Kier molecular flexibility index (Phi) is 10.1. The topological polar surface area (TPSA) is 58.6 Å². The van der Waals surface area contributed by atoms with Crippen molar-refractivity contribution in [2.45, 2.75) is 42.2 Å². The fourth-order valence-corrected chi connectivity index (χ4v) is 4.85. The van der Waals surface area contributed by atoms with Gasteiger partial charge in [-0.25, -0.2) is 4.79 Å². The van der Waals surface area contributed by atoms with E-state index in [0.717, 1.165) is 27.5 Å². The normalized spacial score (nSPS) is 11.1. The summed E-state index contributed by atoms with van der Waals surface area (Å²) < 4.78 is 44.2. The van der Waals surface area contributed by atoms with Crippen LogP contribution in [0.5, 0.6) is 5.75 Å². The molecule has 0 radical (unpaired) electrons. The van der Waals surface area contributed by atoms with Gasteiger partial charge in [-0.05, 0) is 85.1 Å². The van der Waals surface area contributed by atoms with E-state index in [-0.39, 0.29) is 11.7 Å². The Labute approximate surface area is 241 Å². The molecule has 212 valence electrons. The summed E-state index contributed by atoms with van der Waals surface area (Å²) in [5, 5.41) is 2.73. The van der Waals surface area contributed by atoms with E-state index in [1.165, 1.54) is 23.9 Å². The highest BCUT2D eigenvalue weighted by atomic mass is 32.2. The van der Waals surface area contributed by atoms with Gasteiger partial charge < -0.3 is 10.1 Å². The van der Waals surface area contributed by atoms with E-state index in [1.807, 2.05) is 73.7 Å². The Balaban J connectivity index is 1.51. The van der Waals surface area contributed by atoms with Crippen LogP contribution in [0.15, 0.2) is 113 Å². The van der Waals surface area contributed by atoms with Crippen LogP contribution in [0.1, 0.15) is 30.9 Å². The van der Waals surface area contributed by atoms with E-state index >= 15 is 0 Å². The van der Waals surface area contributed by atoms with Crippen LogP contribution in [0, 0.1) is 0 Å². The number of benzene rings is 4. The maximum Gasteiger partial charge on any atom is 0.416 e. The third kappa shape index (κ3) is 8.88. The van der Waals surface area contributed by atoms with Crippen molar-refractivity contribution in [2.24, 2.45) is 0 Å². The SMILES string of the molecule is CCCC(=O)Oc1ccc(Sc2cccc(N(CCc3ccccc3)C(=O)Nc3ccc(C(F)(F)F)cc3)c2)cc1. The van der Waals surface area contributed by atoms with Crippen LogP contribution >= 0.6 is 11.8 Å². The van der Waals surface area contributed by atoms with Gasteiger partial charge in [-0.15, -0.1) is 0 Å². The summed E-state index contributed by atoms with van der Waals surface area (Å²) in [5.41, 5.74) is 1.16. The van der Waals surface area contributed by atoms with Gasteiger partial charge in [-0.3, -0.25) is 9.69 Å². The molecule has 2 amide bonds. The molecule has 0 heterocycles. The zero-order valence-corrected chi connectivity index (χ0v) is 23.2. The number of halogens is 3. The number of carbonyl (C=O) groups is 2. The molecular formula is C32H29F3N2O3S. The number of alkyl halides is 3. The van der Waals surface area contributed by atoms with Crippen LogP contribution in [0.4, 0.5) is 29.3 Å². The molecule has 5 nitrogen and oxygen atoms in total. The van der Waals surface area contributed by atoms with Crippen molar-refractivity contribution in [3.63, 3.8) is 0 Å². The second kappa shape index (κ2) is 13.9. The molecule has 0 bridgehead atoms. The predicted octanol–water partition coefficient (Wildman–Crippen LogP) is 8.84. The molecule has 0 saturated heterocycles. The molecule has 4 rings (SSSR count). The third-order valence-corrected chi connectivity index (χ3v) is 7.05. The average Bonchev–Trinajstić information content (AvgIpc) is 2.95. The number of hydrogen-bond acceptors (Lipinski definition) is 4. The molecular weight excluding hydrogens is 549 g/mol. The van der Waals surface area contributed by atoms with E-state index in [2.05, 4.69) is 5.32 Å². The number of esters is 1. The Morgan fingerprint density at radius 2 is 1.56 bits per heavy atom. The van der Waals surface area contributed by atoms with Gasteiger partial charge in [-0.2, -0.15) is 13.2 Å². The van der Waals surface area contributed by atoms with E-state index in [1.54, 1.807) is 17.0 Å². The summed E-state index contributed by atoms with van der Waals surface area (Å²) in [6.07, 6.45) is -2.80. The Hall–Kier alpha value is -4.24. The van der Waals surface area contributed by atoms with Crippen molar-refractivity contribution in [1.29, 1.82) is 0 Å². The number of anilines is 2. The van der Waals surface area contributed by atoms with Gasteiger partial charge in [0.25, 0.3) is 0 Å². The van der Waals surface area contributed by atoms with Gasteiger partial charge in [0.15, 0.2) is 0 Å². The first-order chi connectivity index (χ1) is 19.7. The molecule has 0 fully saturated rings. The first kappa shape index (κ1) is 29.7. The van der Waals surface area contributed by atoms with Crippen molar-refractivity contribution in [3.8, 4) is 5.75 Å². The molecule has 0 unspecified atom stereocenters. The molecule has 4 aromatic rings. The highest BCUT2D eigenvalue weighted by Crippen LogP contribution is 2.33. The zero-order valence-electron chi connectivity index (χ0n) is 22.4. The lowest BCUT2D eigenvalue weighted by Gasteiger charge is -2.24. The number of carbonyl (C=O) groups excluding carboxylic acids is 2. The minimum Gasteiger partial charge on any atom is -0.427 e. The number of rotatable bonds is 10. The first-order valence-corrected chi connectivity index (χ1v) is 13.9. The summed E-state index contributed by atoms with van der Waals surface area (Å²) >= 11 is 1.49. The van der Waals surface area contributed by atoms with Crippen LogP contribution in [-0.4, -0.2) is 18.5 Å². The molecule has 0 aromatic heterocycles. The molecule has 0 aliphatic rings. The lowest BCUT2D eigenvalue weighted by Crippen LogP contribution is -2.36. The number of urea groups is 1. The molecule has 0 aliphatic carbocycles. The molecule has 0 spiro atoms. The molecule has 4 aromatic carbocycles. The predicted molar refractivity (Wildman–Crippen MR) is 156 cm³/mol. The van der Waals surface area contributed by atoms with E-state index < -0.39 is 17.8 Å². The Morgan fingerprint density at radius 3 is 2.22 bits per heavy atom. The van der Waals surface area contributed by atoms with Gasteiger partial charge in [0.2, 0.25) is 0 Å². The number of ether oxygens (including phenoxy) is 1. The monoisotopic (exact) mass is 578 g/mol. The second-order valence-corrected chi connectivity index (χ2v) is 10.3. The average molecular weight is 579 g/mol. The summed E-state index contributed by atoms with van der Waals surface area (Å²) in [4.78, 5) is 28.5. The minimum absolute atomic E-state index is 0.262. The minimum atomic E-state index is -4.46. The highest BCUT2D eigenvalue weighted by molar-refractivity contribution is 7.99. The van der Waals surface area contributed by atoms with Crippen LogP contribution in [0.3, 0.4) is 0 Å². The second-order valence-electron chi connectivity index (χ2n) is 9.19. The van der Waals surface area contributed by atoms with Gasteiger partial charge >= 0.3 is 18.2 Å². The van der Waals surface area contributed by atoms with Crippen molar-refractivity contribution in [1.82, 2.24) is 0 Å². The van der Waals surface area contributed by atoms with Gasteiger partial charge in [-0.1, -0.05) is 55.1 Å². The Morgan fingerprint density at radius 1 is 0.854 bits per heavy atom. The van der Waals surface area contributed by atoms with Gasteiger partial charge in [0, 0.05) is 34.1 Å². The first-order valence-electron chi connectivity index (χ1n) is 13.1. The molecule has 0 saturated carbocycles. The summed E-state index contributed by atoms with van der Waals surface area (Å²) in [5.74, 6) is 0.208. The third-order valence-electron chi connectivity index (χ3n) is 6.05. The van der Waals surface area contributed by atoms with E-state index in [9.17, 15) is 22.8 Å². The van der Waals surface area contributed by atoms with Crippen LogP contribution in [0.2, 0.25) is 0 Å². The lowest BCUT2D eigenvalue weighted by atomic mass is 10.1. The van der Waals surface area contributed by atoms with Crippen molar-refractivity contribution < 1.29 is 27.5 Å². The number of nitrogens with one attached hydrogen (secondary N) is 1. The zero-order chi connectivity index (χ0) is 29.2. The van der Waals surface area contributed by atoms with Gasteiger partial charge in [0.05, 0.1) is 5.56 Å². The maximum absolute atomic E-state index is 13.4. The largest absolute Gasteiger partial charge is 0.427 e. The number of amides is 2. The quantitative estimate of drug-likeness (QED) is 0.151. The van der Waals surface area contributed by atoms with E-state index in [0.29, 0.717) is 37.2 Å². The molecule has 9 heteroatoms. The van der Waals surface area contributed by atoms with Crippen LogP contribution < -0.4 is 15.0 Å². The molecule has 41 heavy (non-hydrogen) atoms. The van der Waals surface area contributed by atoms with Crippen LogP contribution in [0.25, 0.3) is 0 Å². The highest BCUT2D eigenvalue weighted by Gasteiger charge is 2.30. The van der Waals surface area contributed by atoms with Crippen molar-refractivity contribution in [3.05, 3.63) is 114 Å². The van der Waals surface area contributed by atoms with Crippen LogP contribution in [-0.2, 0) is 17.4 Å². The van der Waals surface area contributed by atoms with Crippen molar-refractivity contribution in [2.75, 3.05) is 16.8 Å². The summed E-state index contributed by atoms with van der Waals surface area (Å²) in [7, 11) is 0.